The lowest BCUT2D eigenvalue weighted by Gasteiger charge is -2.14. The number of aromatic nitrogens is 6. The van der Waals surface area contributed by atoms with Crippen LogP contribution in [0.5, 0.6) is 11.5 Å². The van der Waals surface area contributed by atoms with Gasteiger partial charge in [0.15, 0.2) is 11.6 Å². The summed E-state index contributed by atoms with van der Waals surface area (Å²) < 4.78 is 3.38. The van der Waals surface area contributed by atoms with Gasteiger partial charge in [0.2, 0.25) is 5.91 Å². The van der Waals surface area contributed by atoms with Crippen LogP contribution in [0.1, 0.15) is 71.0 Å². The highest BCUT2D eigenvalue weighted by Crippen LogP contribution is 2.40. The van der Waals surface area contributed by atoms with E-state index in [-0.39, 0.29) is 35.6 Å². The van der Waals surface area contributed by atoms with E-state index in [1.54, 1.807) is 29.5 Å². The number of benzene rings is 3. The SMILES string of the molecule is Cc1sc2c(c1C)C(c1ccc(Cl)cc1)=N[C@@H](CC(=O)NCCNc1ccc(-n3c(-c4cc(C(C)C)c(O)cc4O)n[nH]c3=O)cc1)c1nnc(C)n1-2. The number of phenols is 2. The van der Waals surface area contributed by atoms with Crippen LogP contribution in [0.2, 0.25) is 5.02 Å². The van der Waals surface area contributed by atoms with Gasteiger partial charge in [0.1, 0.15) is 28.4 Å². The zero-order valence-electron chi connectivity index (χ0n) is 29.7. The fourth-order valence-corrected chi connectivity index (χ4v) is 7.81. The Morgan fingerprint density at radius 1 is 0.981 bits per heavy atom. The number of phenolic OH excluding ortho intramolecular Hbond substituents is 2. The predicted octanol–water partition coefficient (Wildman–Crippen LogP) is 6.49. The summed E-state index contributed by atoms with van der Waals surface area (Å²) in [7, 11) is 0. The molecule has 1 aliphatic heterocycles. The van der Waals surface area contributed by atoms with Gasteiger partial charge in [-0.25, -0.2) is 14.5 Å². The molecule has 7 rings (SSSR count). The molecule has 0 bridgehead atoms. The molecule has 0 saturated heterocycles. The van der Waals surface area contributed by atoms with Crippen molar-refractivity contribution in [1.82, 2.24) is 34.8 Å². The van der Waals surface area contributed by atoms with Crippen molar-refractivity contribution in [2.45, 2.75) is 53.0 Å². The van der Waals surface area contributed by atoms with Gasteiger partial charge >= 0.3 is 5.69 Å². The van der Waals surface area contributed by atoms with Gasteiger partial charge in [-0.1, -0.05) is 37.6 Å². The lowest BCUT2D eigenvalue weighted by atomic mass is 9.98. The van der Waals surface area contributed by atoms with Crippen molar-refractivity contribution in [3.05, 3.63) is 115 Å². The molecular formula is C38H38ClN9O4S. The minimum absolute atomic E-state index is 0.0173. The average molecular weight is 752 g/mol. The predicted molar refractivity (Wildman–Crippen MR) is 206 cm³/mol. The Morgan fingerprint density at radius 2 is 1.72 bits per heavy atom. The first-order chi connectivity index (χ1) is 25.4. The van der Waals surface area contributed by atoms with Crippen molar-refractivity contribution in [3.8, 4) is 33.6 Å². The third kappa shape index (κ3) is 6.82. The van der Waals surface area contributed by atoms with Gasteiger partial charge < -0.3 is 20.8 Å². The monoisotopic (exact) mass is 751 g/mol. The molecule has 13 nitrogen and oxygen atoms in total. The Bertz CT molecular complexity index is 2420. The van der Waals surface area contributed by atoms with Gasteiger partial charge in [0.25, 0.3) is 0 Å². The number of thiophene rings is 1. The summed E-state index contributed by atoms with van der Waals surface area (Å²) in [6.07, 6.45) is 0.0773. The lowest BCUT2D eigenvalue weighted by Crippen LogP contribution is -2.30. The molecule has 0 radical (unpaired) electrons. The second kappa shape index (κ2) is 14.4. The molecule has 3 aromatic carbocycles. The maximum Gasteiger partial charge on any atom is 0.348 e. The molecule has 1 aliphatic rings. The summed E-state index contributed by atoms with van der Waals surface area (Å²) in [5.74, 6) is 1.13. The Kier molecular flexibility index (Phi) is 9.66. The summed E-state index contributed by atoms with van der Waals surface area (Å²) in [4.78, 5) is 32.5. The Balaban J connectivity index is 1.04. The number of aliphatic imine (C=N–C) groups is 1. The number of fused-ring (bicyclic) bond motifs is 3. The number of carbonyl (C=O) groups is 1. The number of aryl methyl sites for hydroxylation is 2. The van der Waals surface area contributed by atoms with Crippen LogP contribution in [0.3, 0.4) is 0 Å². The van der Waals surface area contributed by atoms with E-state index in [9.17, 15) is 19.8 Å². The topological polar surface area (TPSA) is 175 Å². The molecule has 53 heavy (non-hydrogen) atoms. The van der Waals surface area contributed by atoms with E-state index in [0.29, 0.717) is 40.8 Å². The summed E-state index contributed by atoms with van der Waals surface area (Å²) in [5, 5.41) is 44.3. The van der Waals surface area contributed by atoms with E-state index in [4.69, 9.17) is 16.6 Å². The molecule has 5 N–H and O–H groups in total. The number of carbonyl (C=O) groups excluding carboxylic acids is 1. The summed E-state index contributed by atoms with van der Waals surface area (Å²) in [5.41, 5.74) is 5.58. The molecular weight excluding hydrogens is 714 g/mol. The van der Waals surface area contributed by atoms with E-state index < -0.39 is 11.7 Å². The van der Waals surface area contributed by atoms with Crippen molar-refractivity contribution < 1.29 is 15.0 Å². The highest BCUT2D eigenvalue weighted by molar-refractivity contribution is 7.15. The first-order valence-corrected chi connectivity index (χ1v) is 18.3. The average Bonchev–Trinajstić information content (AvgIpc) is 3.76. The lowest BCUT2D eigenvalue weighted by molar-refractivity contribution is -0.121. The Hall–Kier alpha value is -5.73. The van der Waals surface area contributed by atoms with Crippen molar-refractivity contribution in [3.63, 3.8) is 0 Å². The number of hydrogen-bond acceptors (Lipinski definition) is 10. The maximum atomic E-state index is 13.4. The summed E-state index contributed by atoms with van der Waals surface area (Å²) in [6, 6.07) is 17.0. The van der Waals surface area contributed by atoms with E-state index in [1.807, 2.05) is 61.7 Å². The van der Waals surface area contributed by atoms with E-state index in [1.165, 1.54) is 15.5 Å². The molecule has 6 aromatic rings. The van der Waals surface area contributed by atoms with Gasteiger partial charge in [-0.3, -0.25) is 14.4 Å². The molecule has 0 unspecified atom stereocenters. The highest BCUT2D eigenvalue weighted by Gasteiger charge is 2.32. The number of aromatic amines is 1. The van der Waals surface area contributed by atoms with Crippen LogP contribution >= 0.6 is 22.9 Å². The van der Waals surface area contributed by atoms with Gasteiger partial charge in [-0.2, -0.15) is 5.10 Å². The zero-order valence-corrected chi connectivity index (χ0v) is 31.3. The number of nitrogens with zero attached hydrogens (tertiary/aromatic N) is 6. The molecule has 4 heterocycles. The van der Waals surface area contributed by atoms with Crippen molar-refractivity contribution >= 4 is 40.2 Å². The van der Waals surface area contributed by atoms with Gasteiger partial charge in [0, 0.05) is 45.9 Å². The minimum Gasteiger partial charge on any atom is -0.508 e. The fourth-order valence-electron chi connectivity index (χ4n) is 6.47. The zero-order chi connectivity index (χ0) is 37.6. The van der Waals surface area contributed by atoms with Crippen LogP contribution in [0.4, 0.5) is 5.69 Å². The Labute approximate surface area is 314 Å². The molecule has 15 heteroatoms. The van der Waals surface area contributed by atoms with Crippen LogP contribution in [-0.4, -0.2) is 64.5 Å². The van der Waals surface area contributed by atoms with Crippen molar-refractivity contribution in [2.24, 2.45) is 4.99 Å². The number of H-pyrrole nitrogens is 1. The first kappa shape index (κ1) is 35.7. The molecule has 272 valence electrons. The summed E-state index contributed by atoms with van der Waals surface area (Å²) >= 11 is 7.88. The molecule has 1 atom stereocenters. The van der Waals surface area contributed by atoms with E-state index >= 15 is 0 Å². The molecule has 0 spiro atoms. The molecule has 3 aromatic heterocycles. The normalized spacial score (nSPS) is 13.7. The molecule has 0 aliphatic carbocycles. The number of nitrogens with one attached hydrogen (secondary N) is 3. The third-order valence-corrected chi connectivity index (χ3v) is 10.8. The van der Waals surface area contributed by atoms with Crippen LogP contribution in [-0.2, 0) is 4.79 Å². The van der Waals surface area contributed by atoms with Crippen molar-refractivity contribution in [2.75, 3.05) is 18.4 Å². The maximum absolute atomic E-state index is 13.4. The molecule has 1 amide bonds. The van der Waals surface area contributed by atoms with Crippen LogP contribution < -0.4 is 16.3 Å². The second-order valence-electron chi connectivity index (χ2n) is 13.2. The summed E-state index contributed by atoms with van der Waals surface area (Å²) in [6.45, 7) is 10.7. The van der Waals surface area contributed by atoms with Crippen molar-refractivity contribution in [1.29, 1.82) is 0 Å². The highest BCUT2D eigenvalue weighted by atomic mass is 35.5. The number of hydrogen-bond donors (Lipinski definition) is 5. The molecule has 0 fully saturated rings. The number of halogens is 1. The number of aromatic hydroxyl groups is 2. The minimum atomic E-state index is -0.571. The number of rotatable bonds is 10. The largest absolute Gasteiger partial charge is 0.508 e. The first-order valence-electron chi connectivity index (χ1n) is 17.1. The Morgan fingerprint density at radius 3 is 2.43 bits per heavy atom. The van der Waals surface area contributed by atoms with Gasteiger partial charge in [0.05, 0.1) is 23.4 Å². The second-order valence-corrected chi connectivity index (χ2v) is 14.8. The van der Waals surface area contributed by atoms with Gasteiger partial charge in [-0.05, 0) is 80.3 Å². The van der Waals surface area contributed by atoms with Gasteiger partial charge in [-0.15, -0.1) is 21.5 Å². The standard InChI is InChI=1S/C38H38ClN9O4S/c1-19(2)27-16-28(31(50)18-30(27)49)35-44-46-38(52)48(35)26-12-10-25(11-13-26)40-14-15-41-32(51)17-29-36-45-43-22(5)47(36)37-33(20(3)21(4)53-37)34(42-29)23-6-8-24(39)9-7-23/h6-13,16,18-19,29,40,49-50H,14-15,17H2,1-5H3,(H,41,51)(H,46,52)/t29-/m0/s1. The quantitative estimate of drug-likeness (QED) is 0.0987. The fraction of sp³-hybridized carbons (Fsp3) is 0.263. The smallest absolute Gasteiger partial charge is 0.348 e. The number of amides is 1. The number of anilines is 1. The van der Waals surface area contributed by atoms with Crippen LogP contribution in [0, 0.1) is 20.8 Å². The van der Waals surface area contributed by atoms with Crippen LogP contribution in [0.15, 0.2) is 70.5 Å². The van der Waals surface area contributed by atoms with E-state index in [2.05, 4.69) is 44.9 Å². The van der Waals surface area contributed by atoms with E-state index in [0.717, 1.165) is 38.9 Å². The van der Waals surface area contributed by atoms with Crippen LogP contribution in [0.25, 0.3) is 22.1 Å². The molecule has 0 saturated carbocycles. The third-order valence-electron chi connectivity index (χ3n) is 9.32.